The number of nitrogens with zero attached hydrogens (tertiary/aromatic N) is 3. The van der Waals surface area contributed by atoms with Gasteiger partial charge < -0.3 is 25.8 Å². The van der Waals surface area contributed by atoms with E-state index in [1.807, 2.05) is 61.2 Å². The molecule has 0 unspecified atom stereocenters. The van der Waals surface area contributed by atoms with Crippen LogP contribution in [0.15, 0.2) is 66.9 Å². The standard InChI is InChI=1S/C31H36N6O2/c1-20(2)36(5)29-13-12-25(17-34-29)30(38)35-28-16-24(7-6-21(28)3)31(39)37-18-26(19-37)22-8-10-23(11-9-22)27(33-4)14-15-32/h6-17,20,26,32-33H,18-19H2,1-5H3,(H,35,38)/b27-14-,32-15?. The average molecular weight is 525 g/mol. The molecule has 3 aromatic rings. The number of rotatable bonds is 9. The summed E-state index contributed by atoms with van der Waals surface area (Å²) in [7, 11) is 3.80. The van der Waals surface area contributed by atoms with Crippen LogP contribution in [0.2, 0.25) is 0 Å². The second-order valence-electron chi connectivity index (χ2n) is 10.1. The summed E-state index contributed by atoms with van der Waals surface area (Å²) in [6.45, 7) is 7.35. The summed E-state index contributed by atoms with van der Waals surface area (Å²) in [4.78, 5) is 34.4. The van der Waals surface area contributed by atoms with Crippen molar-refractivity contribution in [2.24, 2.45) is 0 Å². The van der Waals surface area contributed by atoms with Gasteiger partial charge in [-0.25, -0.2) is 4.98 Å². The number of hydrogen-bond donors (Lipinski definition) is 3. The van der Waals surface area contributed by atoms with E-state index in [9.17, 15) is 9.59 Å². The van der Waals surface area contributed by atoms with Crippen LogP contribution in [0.4, 0.5) is 11.5 Å². The summed E-state index contributed by atoms with van der Waals surface area (Å²) in [5.74, 6) is 0.768. The summed E-state index contributed by atoms with van der Waals surface area (Å²) >= 11 is 0. The zero-order valence-corrected chi connectivity index (χ0v) is 23.2. The van der Waals surface area contributed by atoms with Gasteiger partial charge in [-0.3, -0.25) is 9.59 Å². The summed E-state index contributed by atoms with van der Waals surface area (Å²) in [6.07, 6.45) is 4.55. The lowest BCUT2D eigenvalue weighted by atomic mass is 9.90. The van der Waals surface area contributed by atoms with E-state index in [-0.39, 0.29) is 17.7 Å². The van der Waals surface area contributed by atoms with E-state index < -0.39 is 0 Å². The molecule has 202 valence electrons. The van der Waals surface area contributed by atoms with Gasteiger partial charge in [-0.1, -0.05) is 30.3 Å². The zero-order valence-electron chi connectivity index (χ0n) is 23.2. The van der Waals surface area contributed by atoms with E-state index in [4.69, 9.17) is 5.41 Å². The molecule has 0 aliphatic carbocycles. The van der Waals surface area contributed by atoms with E-state index in [1.165, 1.54) is 11.8 Å². The van der Waals surface area contributed by atoms with E-state index >= 15 is 0 Å². The number of pyridine rings is 1. The van der Waals surface area contributed by atoms with Crippen LogP contribution in [-0.2, 0) is 0 Å². The lowest BCUT2D eigenvalue weighted by Crippen LogP contribution is -2.48. The highest BCUT2D eigenvalue weighted by Crippen LogP contribution is 2.30. The fourth-order valence-electron chi connectivity index (χ4n) is 4.46. The van der Waals surface area contributed by atoms with Crippen LogP contribution in [-0.4, -0.2) is 61.1 Å². The molecule has 0 spiro atoms. The van der Waals surface area contributed by atoms with Crippen LogP contribution in [0.1, 0.15) is 57.2 Å². The van der Waals surface area contributed by atoms with Gasteiger partial charge >= 0.3 is 0 Å². The van der Waals surface area contributed by atoms with E-state index in [1.54, 1.807) is 24.4 Å². The molecule has 2 aromatic carbocycles. The molecule has 8 heteroatoms. The number of anilines is 2. The van der Waals surface area contributed by atoms with Crippen molar-refractivity contribution in [3.05, 3.63) is 94.7 Å². The lowest BCUT2D eigenvalue weighted by molar-refractivity contribution is 0.0602. The van der Waals surface area contributed by atoms with Crippen LogP contribution in [0.3, 0.4) is 0 Å². The molecule has 1 saturated heterocycles. The molecule has 0 atom stereocenters. The van der Waals surface area contributed by atoms with Crippen molar-refractivity contribution >= 4 is 35.2 Å². The van der Waals surface area contributed by atoms with Gasteiger partial charge in [-0.15, -0.1) is 0 Å². The van der Waals surface area contributed by atoms with Gasteiger partial charge in [0.1, 0.15) is 5.82 Å². The Hall–Kier alpha value is -4.46. The molecule has 1 aliphatic heterocycles. The maximum absolute atomic E-state index is 13.2. The van der Waals surface area contributed by atoms with Crippen LogP contribution >= 0.6 is 0 Å². The predicted molar refractivity (Wildman–Crippen MR) is 158 cm³/mol. The zero-order chi connectivity index (χ0) is 28.1. The lowest BCUT2D eigenvalue weighted by Gasteiger charge is -2.39. The van der Waals surface area contributed by atoms with Crippen molar-refractivity contribution in [2.45, 2.75) is 32.7 Å². The molecule has 2 amide bonds. The topological polar surface area (TPSA) is 101 Å². The van der Waals surface area contributed by atoms with Crippen molar-refractivity contribution in [3.8, 4) is 0 Å². The minimum absolute atomic E-state index is 0.0486. The quantitative estimate of drug-likeness (QED) is 0.344. The van der Waals surface area contributed by atoms with Crippen LogP contribution < -0.4 is 15.5 Å². The SMILES string of the molecule is CN/C(=C\C=N)c1ccc(C2CN(C(=O)c3ccc(C)c(NC(=O)c4ccc(N(C)C(C)C)nc4)c3)C2)cc1. The van der Waals surface area contributed by atoms with Gasteiger partial charge in [0, 0.05) is 68.5 Å². The Morgan fingerprint density at radius 1 is 1.05 bits per heavy atom. The van der Waals surface area contributed by atoms with Crippen molar-refractivity contribution in [1.82, 2.24) is 15.2 Å². The highest BCUT2D eigenvalue weighted by molar-refractivity contribution is 6.05. The monoisotopic (exact) mass is 524 g/mol. The highest BCUT2D eigenvalue weighted by atomic mass is 16.2. The Kier molecular flexibility index (Phi) is 8.44. The van der Waals surface area contributed by atoms with Crippen LogP contribution in [0.25, 0.3) is 5.70 Å². The Bertz CT molecular complexity index is 1370. The number of likely N-dealkylation sites (tertiary alicyclic amines) is 1. The summed E-state index contributed by atoms with van der Waals surface area (Å²) in [5, 5.41) is 13.3. The number of allylic oxidation sites excluding steroid dienone is 1. The Morgan fingerprint density at radius 3 is 2.31 bits per heavy atom. The molecule has 8 nitrogen and oxygen atoms in total. The summed E-state index contributed by atoms with van der Waals surface area (Å²) < 4.78 is 0. The largest absolute Gasteiger partial charge is 0.388 e. The van der Waals surface area contributed by atoms with Gasteiger partial charge in [-0.2, -0.15) is 0 Å². The fraction of sp³-hybridized carbons (Fsp3) is 0.290. The van der Waals surface area contributed by atoms with Gasteiger partial charge in [0.2, 0.25) is 0 Å². The summed E-state index contributed by atoms with van der Waals surface area (Å²) in [6, 6.07) is 17.5. The number of carbonyl (C=O) groups excluding carboxylic acids is 2. The number of aryl methyl sites for hydroxylation is 1. The fourth-order valence-corrected chi connectivity index (χ4v) is 4.46. The van der Waals surface area contributed by atoms with Crippen molar-refractivity contribution in [1.29, 1.82) is 5.41 Å². The van der Waals surface area contributed by atoms with E-state index in [0.717, 1.165) is 22.6 Å². The third-order valence-electron chi connectivity index (χ3n) is 7.26. The van der Waals surface area contributed by atoms with Gasteiger partial charge in [0.15, 0.2) is 0 Å². The highest BCUT2D eigenvalue weighted by Gasteiger charge is 2.32. The Labute approximate surface area is 230 Å². The normalized spacial score (nSPS) is 13.6. The molecular weight excluding hydrogens is 488 g/mol. The smallest absolute Gasteiger partial charge is 0.257 e. The van der Waals surface area contributed by atoms with E-state index in [0.29, 0.717) is 35.9 Å². The predicted octanol–water partition coefficient (Wildman–Crippen LogP) is 4.94. The first-order chi connectivity index (χ1) is 18.7. The van der Waals surface area contributed by atoms with Crippen molar-refractivity contribution in [3.63, 3.8) is 0 Å². The molecular formula is C31H36N6O2. The third-order valence-corrected chi connectivity index (χ3v) is 7.26. The molecule has 0 radical (unpaired) electrons. The molecule has 0 saturated carbocycles. The van der Waals surface area contributed by atoms with Crippen LogP contribution in [0, 0.1) is 12.3 Å². The first kappa shape index (κ1) is 27.6. The maximum Gasteiger partial charge on any atom is 0.257 e. The van der Waals surface area contributed by atoms with Crippen molar-refractivity contribution in [2.75, 3.05) is 37.4 Å². The second kappa shape index (κ2) is 11.9. The third kappa shape index (κ3) is 6.17. The van der Waals surface area contributed by atoms with Crippen LogP contribution in [0.5, 0.6) is 0 Å². The first-order valence-corrected chi connectivity index (χ1v) is 13.1. The number of carbonyl (C=O) groups is 2. The first-order valence-electron chi connectivity index (χ1n) is 13.1. The molecule has 3 N–H and O–H groups in total. The van der Waals surface area contributed by atoms with Crippen molar-refractivity contribution < 1.29 is 9.59 Å². The molecule has 1 fully saturated rings. The summed E-state index contributed by atoms with van der Waals surface area (Å²) in [5.41, 5.74) is 5.58. The van der Waals surface area contributed by atoms with Gasteiger partial charge in [0.05, 0.1) is 5.56 Å². The molecule has 4 rings (SSSR count). The molecule has 0 bridgehead atoms. The molecule has 1 aliphatic rings. The number of aromatic nitrogens is 1. The number of amides is 2. The van der Waals surface area contributed by atoms with Gasteiger partial charge in [-0.05, 0) is 67.8 Å². The van der Waals surface area contributed by atoms with E-state index in [2.05, 4.69) is 41.6 Å². The Morgan fingerprint density at radius 2 is 1.72 bits per heavy atom. The average Bonchev–Trinajstić information content (AvgIpc) is 2.92. The minimum Gasteiger partial charge on any atom is -0.388 e. The second-order valence-corrected chi connectivity index (χ2v) is 10.1. The molecule has 1 aromatic heterocycles. The van der Waals surface area contributed by atoms with Gasteiger partial charge in [0.25, 0.3) is 11.8 Å². The number of nitrogens with one attached hydrogen (secondary N) is 3. The molecule has 2 heterocycles. The number of hydrogen-bond acceptors (Lipinski definition) is 6. The number of benzene rings is 2. The maximum atomic E-state index is 13.2. The Balaban J connectivity index is 1.39. The molecule has 39 heavy (non-hydrogen) atoms. The minimum atomic E-state index is -0.265.